The molecule has 182 valence electrons. The summed E-state index contributed by atoms with van der Waals surface area (Å²) < 4.78 is 7.74. The molecule has 34 heavy (non-hydrogen) atoms. The van der Waals surface area contributed by atoms with E-state index in [1.165, 1.54) is 9.63 Å². The number of aryl methyl sites for hydroxylation is 1. The van der Waals surface area contributed by atoms with E-state index in [9.17, 15) is 9.59 Å². The van der Waals surface area contributed by atoms with Crippen LogP contribution in [0.3, 0.4) is 0 Å². The van der Waals surface area contributed by atoms with Gasteiger partial charge in [-0.25, -0.2) is 4.79 Å². The standard InChI is InChI=1S/C24H29ClN4O5/c1-17-5-4-6-20(15-17)34-29(16-18-7-9-19(25)10-8-18)21-22(26-2)27(3)24(32)28(23(21)31)11-13-33-14-12-30/h4-10,15,26,30H,11-14,16H2,1-3H3. The normalized spacial score (nSPS) is 10.9. The first-order chi connectivity index (χ1) is 16.3. The fraction of sp³-hybridized carbons (Fsp3) is 0.333. The second kappa shape index (κ2) is 11.7. The van der Waals surface area contributed by atoms with Crippen molar-refractivity contribution < 1.29 is 14.7 Å². The average molecular weight is 489 g/mol. The van der Waals surface area contributed by atoms with Gasteiger partial charge >= 0.3 is 5.69 Å². The van der Waals surface area contributed by atoms with Gasteiger partial charge in [-0.05, 0) is 42.3 Å². The summed E-state index contributed by atoms with van der Waals surface area (Å²) in [5.74, 6) is 0.853. The Bertz CT molecular complexity index is 1220. The minimum atomic E-state index is -0.526. The molecule has 0 radical (unpaired) electrons. The van der Waals surface area contributed by atoms with Crippen LogP contribution in [0.1, 0.15) is 11.1 Å². The number of rotatable bonds is 11. The molecule has 0 aliphatic heterocycles. The molecule has 9 nitrogen and oxygen atoms in total. The highest BCUT2D eigenvalue weighted by Crippen LogP contribution is 2.25. The van der Waals surface area contributed by atoms with Crippen molar-refractivity contribution in [2.45, 2.75) is 20.0 Å². The summed E-state index contributed by atoms with van der Waals surface area (Å²) in [4.78, 5) is 32.7. The summed E-state index contributed by atoms with van der Waals surface area (Å²) in [5.41, 5.74) is 0.999. The molecule has 3 rings (SSSR count). The van der Waals surface area contributed by atoms with E-state index >= 15 is 0 Å². The fourth-order valence-corrected chi connectivity index (χ4v) is 3.62. The minimum absolute atomic E-state index is 0.0295. The van der Waals surface area contributed by atoms with E-state index < -0.39 is 11.2 Å². The van der Waals surface area contributed by atoms with Gasteiger partial charge in [-0.1, -0.05) is 35.9 Å². The van der Waals surface area contributed by atoms with Crippen LogP contribution in [0.5, 0.6) is 5.75 Å². The number of aliphatic hydroxyl groups excluding tert-OH is 1. The zero-order valence-corrected chi connectivity index (χ0v) is 20.2. The third kappa shape index (κ3) is 5.99. The number of hydroxylamine groups is 1. The molecule has 0 fully saturated rings. The maximum Gasteiger partial charge on any atom is 0.332 e. The molecule has 1 heterocycles. The Hall–Kier alpha value is -3.27. The van der Waals surface area contributed by atoms with Crippen molar-refractivity contribution >= 4 is 23.1 Å². The van der Waals surface area contributed by atoms with Crippen molar-refractivity contribution in [2.24, 2.45) is 7.05 Å². The van der Waals surface area contributed by atoms with Crippen LogP contribution >= 0.6 is 11.6 Å². The fourth-order valence-electron chi connectivity index (χ4n) is 3.49. The van der Waals surface area contributed by atoms with E-state index in [0.717, 1.165) is 15.7 Å². The number of benzene rings is 2. The zero-order chi connectivity index (χ0) is 24.7. The molecule has 0 aliphatic carbocycles. The molecule has 0 aliphatic rings. The summed E-state index contributed by atoms with van der Waals surface area (Å²) in [6, 6.07) is 14.7. The molecule has 10 heteroatoms. The lowest BCUT2D eigenvalue weighted by molar-refractivity contribution is 0.0857. The van der Waals surface area contributed by atoms with Crippen LogP contribution < -0.4 is 26.5 Å². The van der Waals surface area contributed by atoms with Gasteiger partial charge in [0, 0.05) is 19.1 Å². The van der Waals surface area contributed by atoms with Gasteiger partial charge in [-0.3, -0.25) is 13.9 Å². The highest BCUT2D eigenvalue weighted by molar-refractivity contribution is 6.30. The Kier molecular flexibility index (Phi) is 8.75. The Balaban J connectivity index is 2.11. The number of nitrogens with one attached hydrogen (secondary N) is 1. The lowest BCUT2D eigenvalue weighted by Crippen LogP contribution is -2.45. The summed E-state index contributed by atoms with van der Waals surface area (Å²) >= 11 is 6.04. The average Bonchev–Trinajstić information content (AvgIpc) is 2.82. The van der Waals surface area contributed by atoms with Gasteiger partial charge in [0.05, 0.1) is 32.9 Å². The quantitative estimate of drug-likeness (QED) is 0.316. The Morgan fingerprint density at radius 1 is 1.12 bits per heavy atom. The second-order valence-electron chi connectivity index (χ2n) is 7.65. The lowest BCUT2D eigenvalue weighted by Gasteiger charge is -2.27. The van der Waals surface area contributed by atoms with Crippen LogP contribution in [-0.4, -0.2) is 41.1 Å². The first-order valence-corrected chi connectivity index (χ1v) is 11.2. The number of aromatic nitrogens is 2. The number of nitrogens with zero attached hydrogens (tertiary/aromatic N) is 3. The van der Waals surface area contributed by atoms with Gasteiger partial charge in [0.1, 0.15) is 5.82 Å². The minimum Gasteiger partial charge on any atom is -0.394 e. The molecule has 0 bridgehead atoms. The second-order valence-corrected chi connectivity index (χ2v) is 8.09. The van der Waals surface area contributed by atoms with E-state index in [4.69, 9.17) is 26.3 Å². The largest absolute Gasteiger partial charge is 0.394 e. The topological polar surface area (TPSA) is 98.0 Å². The SMILES string of the molecule is CNc1c(N(Cc2ccc(Cl)cc2)Oc2cccc(C)c2)c(=O)n(CCOCCO)c(=O)n1C. The van der Waals surface area contributed by atoms with E-state index in [0.29, 0.717) is 16.6 Å². The highest BCUT2D eigenvalue weighted by Gasteiger charge is 2.24. The third-order valence-corrected chi connectivity index (χ3v) is 5.40. The van der Waals surface area contributed by atoms with Gasteiger partial charge in [-0.2, -0.15) is 5.06 Å². The van der Waals surface area contributed by atoms with Crippen molar-refractivity contribution in [3.8, 4) is 5.75 Å². The van der Waals surface area contributed by atoms with Crippen LogP contribution in [0.4, 0.5) is 11.5 Å². The Morgan fingerprint density at radius 2 is 1.85 bits per heavy atom. The van der Waals surface area contributed by atoms with Crippen molar-refractivity contribution in [3.05, 3.63) is 85.5 Å². The molecular formula is C24H29ClN4O5. The first kappa shape index (κ1) is 25.4. The van der Waals surface area contributed by atoms with E-state index in [2.05, 4.69) is 5.32 Å². The Labute approximate surface area is 202 Å². The van der Waals surface area contributed by atoms with Gasteiger partial charge in [0.15, 0.2) is 11.4 Å². The Morgan fingerprint density at radius 3 is 2.50 bits per heavy atom. The van der Waals surface area contributed by atoms with Crippen molar-refractivity contribution in [2.75, 3.05) is 37.2 Å². The molecule has 0 spiro atoms. The third-order valence-electron chi connectivity index (χ3n) is 5.15. The maximum absolute atomic E-state index is 13.6. The summed E-state index contributed by atoms with van der Waals surface area (Å²) in [7, 11) is 3.22. The predicted octanol–water partition coefficient (Wildman–Crippen LogP) is 2.56. The molecule has 0 saturated heterocycles. The molecule has 0 unspecified atom stereocenters. The molecular weight excluding hydrogens is 460 g/mol. The lowest BCUT2D eigenvalue weighted by atomic mass is 10.2. The number of hydrogen-bond donors (Lipinski definition) is 2. The molecule has 0 atom stereocenters. The van der Waals surface area contributed by atoms with E-state index in [1.807, 2.05) is 37.3 Å². The molecule has 2 N–H and O–H groups in total. The number of halogens is 1. The van der Waals surface area contributed by atoms with Crippen molar-refractivity contribution in [3.63, 3.8) is 0 Å². The molecule has 3 aromatic rings. The van der Waals surface area contributed by atoms with Crippen molar-refractivity contribution in [1.82, 2.24) is 9.13 Å². The molecule has 0 saturated carbocycles. The molecule has 1 aromatic heterocycles. The first-order valence-electron chi connectivity index (χ1n) is 10.8. The molecule has 0 amide bonds. The van der Waals surface area contributed by atoms with Gasteiger partial charge in [0.2, 0.25) is 0 Å². The summed E-state index contributed by atoms with van der Waals surface area (Å²) in [5, 5.41) is 13.9. The summed E-state index contributed by atoms with van der Waals surface area (Å²) in [6.07, 6.45) is 0. The van der Waals surface area contributed by atoms with Gasteiger partial charge < -0.3 is 20.0 Å². The number of aliphatic hydroxyl groups is 1. The predicted molar refractivity (Wildman–Crippen MR) is 133 cm³/mol. The van der Waals surface area contributed by atoms with E-state index in [1.54, 1.807) is 32.3 Å². The van der Waals surface area contributed by atoms with Gasteiger partial charge in [-0.15, -0.1) is 0 Å². The smallest absolute Gasteiger partial charge is 0.332 e. The number of anilines is 2. The number of ether oxygens (including phenoxy) is 1. The monoisotopic (exact) mass is 488 g/mol. The summed E-state index contributed by atoms with van der Waals surface area (Å²) in [6.45, 7) is 2.27. The number of hydrogen-bond acceptors (Lipinski definition) is 7. The van der Waals surface area contributed by atoms with Crippen LogP contribution in [-0.2, 0) is 24.9 Å². The van der Waals surface area contributed by atoms with Crippen LogP contribution in [0, 0.1) is 6.92 Å². The van der Waals surface area contributed by atoms with Crippen LogP contribution in [0.25, 0.3) is 0 Å². The van der Waals surface area contributed by atoms with E-state index in [-0.39, 0.29) is 38.6 Å². The van der Waals surface area contributed by atoms with Gasteiger partial charge in [0.25, 0.3) is 5.56 Å². The maximum atomic E-state index is 13.6. The highest BCUT2D eigenvalue weighted by atomic mass is 35.5. The molecule has 2 aromatic carbocycles. The van der Waals surface area contributed by atoms with Crippen LogP contribution in [0.15, 0.2) is 58.1 Å². The van der Waals surface area contributed by atoms with Crippen molar-refractivity contribution in [1.29, 1.82) is 0 Å². The zero-order valence-electron chi connectivity index (χ0n) is 19.5. The van der Waals surface area contributed by atoms with Crippen LogP contribution in [0.2, 0.25) is 5.02 Å².